The lowest BCUT2D eigenvalue weighted by Gasteiger charge is -2.61. The van der Waals surface area contributed by atoms with Crippen LogP contribution in [0.15, 0.2) is 12.7 Å². The van der Waals surface area contributed by atoms with Crippen molar-refractivity contribution in [3.05, 3.63) is 12.7 Å². The lowest BCUT2D eigenvalue weighted by atomic mass is 9.44. The van der Waals surface area contributed by atoms with Crippen LogP contribution >= 0.6 is 24.2 Å². The Hall–Kier alpha value is -0.560. The number of nitrogens with zero attached hydrogens (tertiary/aromatic N) is 1. The van der Waals surface area contributed by atoms with E-state index in [0.29, 0.717) is 35.5 Å². The molecule has 0 aromatic carbocycles. The molecule has 11 atom stereocenters. The van der Waals surface area contributed by atoms with Gasteiger partial charge in [-0.2, -0.15) is 0 Å². The number of aliphatic hydroxyl groups excluding tert-OH is 1. The largest absolute Gasteiger partial charge is 0.461 e. The second kappa shape index (κ2) is 9.63. The Labute approximate surface area is 221 Å². The maximum Gasteiger partial charge on any atom is 0.316 e. The third-order valence-corrected chi connectivity index (χ3v) is 12.6. The highest BCUT2D eigenvalue weighted by Crippen LogP contribution is 2.68. The number of rotatable bonds is 5. The van der Waals surface area contributed by atoms with Crippen molar-refractivity contribution in [2.24, 2.45) is 39.9 Å². The zero-order valence-electron chi connectivity index (χ0n) is 21.8. The van der Waals surface area contributed by atoms with E-state index in [1.54, 1.807) is 11.8 Å². The van der Waals surface area contributed by atoms with Gasteiger partial charge in [-0.25, -0.2) is 0 Å². The number of carbonyl (C=O) groups is 2. The molecule has 3 aliphatic carbocycles. The second-order valence-electron chi connectivity index (χ2n) is 12.7. The molecule has 5 aliphatic rings. The summed E-state index contributed by atoms with van der Waals surface area (Å²) in [4.78, 5) is 29.2. The monoisotopic (exact) mass is 525 g/mol. The Bertz CT molecular complexity index is 870. The fourth-order valence-corrected chi connectivity index (χ4v) is 10.0. The number of thioether (sulfide) groups is 1. The molecule has 4 unspecified atom stereocenters. The normalized spacial score (nSPS) is 50.6. The van der Waals surface area contributed by atoms with E-state index in [1.807, 2.05) is 6.08 Å². The molecule has 0 radical (unpaired) electrons. The van der Waals surface area contributed by atoms with Crippen LogP contribution < -0.4 is 0 Å². The van der Waals surface area contributed by atoms with Gasteiger partial charge >= 0.3 is 5.97 Å². The number of hydrogen-bond acceptors (Lipinski definition) is 6. The van der Waals surface area contributed by atoms with Gasteiger partial charge in [0.05, 0.1) is 11.9 Å². The zero-order chi connectivity index (χ0) is 24.5. The van der Waals surface area contributed by atoms with E-state index in [1.165, 1.54) is 19.5 Å². The molecule has 5 nitrogen and oxygen atoms in total. The van der Waals surface area contributed by atoms with Gasteiger partial charge in [-0.3, -0.25) is 9.59 Å². The summed E-state index contributed by atoms with van der Waals surface area (Å²) in [6.07, 6.45) is 5.97. The van der Waals surface area contributed by atoms with Gasteiger partial charge < -0.3 is 14.7 Å². The average molecular weight is 526 g/mol. The van der Waals surface area contributed by atoms with E-state index < -0.39 is 23.0 Å². The first-order chi connectivity index (χ1) is 16.0. The van der Waals surface area contributed by atoms with Gasteiger partial charge in [0.2, 0.25) is 0 Å². The Balaban J connectivity index is 0.00000289. The third kappa shape index (κ3) is 4.13. The number of ether oxygens (including phenoxy) is 1. The fraction of sp³-hybridized carbons (Fsp3) is 0.857. The van der Waals surface area contributed by atoms with Crippen molar-refractivity contribution in [3.63, 3.8) is 0 Å². The average Bonchev–Trinajstić information content (AvgIpc) is 3.53. The summed E-state index contributed by atoms with van der Waals surface area (Å²) < 4.78 is 6.38. The molecular weight excluding hydrogens is 482 g/mol. The van der Waals surface area contributed by atoms with Crippen molar-refractivity contribution in [1.82, 2.24) is 4.90 Å². The van der Waals surface area contributed by atoms with Crippen LogP contribution in [0, 0.1) is 39.9 Å². The number of piperidine rings is 1. The maximum atomic E-state index is 13.5. The van der Waals surface area contributed by atoms with Crippen LogP contribution in [0.1, 0.15) is 66.2 Å². The molecule has 2 saturated heterocycles. The predicted octanol–water partition coefficient (Wildman–Crippen LogP) is 4.75. The Morgan fingerprint density at radius 1 is 1.26 bits per heavy atom. The first kappa shape index (κ1) is 27.5. The Morgan fingerprint density at radius 2 is 2.00 bits per heavy atom. The first-order valence-corrected chi connectivity index (χ1v) is 14.5. The molecule has 5 rings (SSSR count). The molecule has 2 heterocycles. The minimum Gasteiger partial charge on any atom is -0.461 e. The topological polar surface area (TPSA) is 66.8 Å². The van der Waals surface area contributed by atoms with Crippen LogP contribution in [-0.2, 0) is 14.3 Å². The third-order valence-electron chi connectivity index (χ3n) is 11.3. The van der Waals surface area contributed by atoms with Gasteiger partial charge in [0, 0.05) is 41.5 Å². The summed E-state index contributed by atoms with van der Waals surface area (Å²) in [6, 6.07) is 0. The summed E-state index contributed by atoms with van der Waals surface area (Å²) >= 11 is 1.75. The molecule has 198 valence electrons. The Kier molecular flexibility index (Phi) is 7.56. The number of esters is 1. The summed E-state index contributed by atoms with van der Waals surface area (Å²) in [5, 5.41) is 12.1. The molecular formula is C28H44ClNO4S. The molecule has 1 N–H and O–H groups in total. The molecule has 0 aromatic heterocycles. The molecule has 0 aromatic rings. The van der Waals surface area contributed by atoms with Gasteiger partial charge in [-0.05, 0) is 61.8 Å². The molecule has 0 amide bonds. The summed E-state index contributed by atoms with van der Waals surface area (Å²) in [6.45, 7) is 16.2. The van der Waals surface area contributed by atoms with E-state index >= 15 is 0 Å². The molecule has 3 saturated carbocycles. The van der Waals surface area contributed by atoms with Crippen molar-refractivity contribution in [2.45, 2.75) is 83.7 Å². The van der Waals surface area contributed by atoms with Crippen molar-refractivity contribution in [1.29, 1.82) is 0 Å². The van der Waals surface area contributed by atoms with Gasteiger partial charge in [0.15, 0.2) is 0 Å². The van der Waals surface area contributed by atoms with Crippen LogP contribution in [-0.4, -0.2) is 64.6 Å². The highest BCUT2D eigenvalue weighted by Gasteiger charge is 2.68. The quantitative estimate of drug-likeness (QED) is 0.412. The lowest BCUT2D eigenvalue weighted by molar-refractivity contribution is -0.205. The molecule has 7 heteroatoms. The highest BCUT2D eigenvalue weighted by atomic mass is 35.5. The summed E-state index contributed by atoms with van der Waals surface area (Å²) in [7, 11) is 0. The zero-order valence-corrected chi connectivity index (χ0v) is 23.5. The standard InChI is InChI=1S/C28H43NO4S.ClH/c1-6-26(4)13-22(33-23(31)16-34-21-15-29-12-9-19(21)14-29)27(5)17(2)7-10-28(18(3)25(26)32)11-8-20(30)24(27)28;/h6,17-19,21-22,24-25,32H,1,7-16H2,2-5H3;1H/t17-,18+,19?,21?,22-,24?,25+,26-,27+,28+;/m1./s1. The van der Waals surface area contributed by atoms with E-state index in [0.717, 1.165) is 25.8 Å². The first-order valence-electron chi connectivity index (χ1n) is 13.4. The van der Waals surface area contributed by atoms with E-state index in [-0.39, 0.29) is 41.5 Å². The van der Waals surface area contributed by atoms with Gasteiger partial charge in [0.1, 0.15) is 11.9 Å². The SMILES string of the molecule is C=C[C@]1(C)C[C@@H](OC(=O)CSC2CN3CCC2C3)[C@@]2(C)C3C(=O)CC[C@@]3(CC[C@H]2C)[C@@H](C)[C@@H]1O.Cl. The smallest absolute Gasteiger partial charge is 0.316 e. The Morgan fingerprint density at radius 3 is 2.63 bits per heavy atom. The summed E-state index contributed by atoms with van der Waals surface area (Å²) in [5.74, 6) is 1.31. The van der Waals surface area contributed by atoms with Gasteiger partial charge in [-0.1, -0.05) is 33.8 Å². The molecule has 4 bridgehead atoms. The highest BCUT2D eigenvalue weighted by molar-refractivity contribution is 8.00. The fourth-order valence-electron chi connectivity index (χ4n) is 8.79. The molecule has 5 fully saturated rings. The van der Waals surface area contributed by atoms with Crippen molar-refractivity contribution in [2.75, 3.05) is 25.4 Å². The van der Waals surface area contributed by atoms with Crippen LogP contribution in [0.5, 0.6) is 0 Å². The molecule has 0 spiro atoms. The number of hydrogen-bond donors (Lipinski definition) is 1. The maximum absolute atomic E-state index is 13.5. The van der Waals surface area contributed by atoms with Crippen molar-refractivity contribution < 1.29 is 19.4 Å². The van der Waals surface area contributed by atoms with E-state index in [4.69, 9.17) is 4.74 Å². The second-order valence-corrected chi connectivity index (χ2v) is 13.9. The van der Waals surface area contributed by atoms with Crippen molar-refractivity contribution in [3.8, 4) is 0 Å². The minimum atomic E-state index is -0.616. The minimum absolute atomic E-state index is 0. The molecule has 2 aliphatic heterocycles. The number of Topliss-reactive ketones (excluding diaryl/α,β-unsaturated/α-hetero) is 1. The van der Waals surface area contributed by atoms with Crippen LogP contribution in [0.4, 0.5) is 0 Å². The lowest BCUT2D eigenvalue weighted by Crippen LogP contribution is -2.63. The van der Waals surface area contributed by atoms with E-state index in [2.05, 4.69) is 39.2 Å². The number of aliphatic hydroxyl groups is 1. The number of carbonyl (C=O) groups excluding carboxylic acids is 2. The molecule has 35 heavy (non-hydrogen) atoms. The van der Waals surface area contributed by atoms with Gasteiger partial charge in [-0.15, -0.1) is 30.7 Å². The van der Waals surface area contributed by atoms with Crippen LogP contribution in [0.3, 0.4) is 0 Å². The number of halogens is 1. The predicted molar refractivity (Wildman–Crippen MR) is 143 cm³/mol. The number of fused-ring (bicyclic) bond motifs is 2. The summed E-state index contributed by atoms with van der Waals surface area (Å²) in [5.41, 5.74) is -1.22. The van der Waals surface area contributed by atoms with Crippen LogP contribution in [0.25, 0.3) is 0 Å². The van der Waals surface area contributed by atoms with Crippen LogP contribution in [0.2, 0.25) is 0 Å². The van der Waals surface area contributed by atoms with E-state index in [9.17, 15) is 14.7 Å². The van der Waals surface area contributed by atoms with Gasteiger partial charge in [0.25, 0.3) is 0 Å². The number of ketones is 1. The van der Waals surface area contributed by atoms with Crippen molar-refractivity contribution >= 4 is 35.9 Å².